The first kappa shape index (κ1) is 12.4. The van der Waals surface area contributed by atoms with Crippen LogP contribution in [0.2, 0.25) is 0 Å². The predicted molar refractivity (Wildman–Crippen MR) is 66.8 cm³/mol. The van der Waals surface area contributed by atoms with Crippen LogP contribution in [0, 0.1) is 0 Å². The molecule has 1 fully saturated rings. The van der Waals surface area contributed by atoms with Crippen LogP contribution in [0.4, 0.5) is 0 Å². The molecule has 9 heteroatoms. The monoisotopic (exact) mass is 282 g/mol. The van der Waals surface area contributed by atoms with Crippen LogP contribution in [0.25, 0.3) is 0 Å². The van der Waals surface area contributed by atoms with Crippen molar-refractivity contribution in [2.75, 3.05) is 12.4 Å². The summed E-state index contributed by atoms with van der Waals surface area (Å²) in [4.78, 5) is 13.4. The van der Waals surface area contributed by atoms with Gasteiger partial charge in [-0.15, -0.1) is 5.10 Å². The van der Waals surface area contributed by atoms with Crippen molar-refractivity contribution in [1.29, 1.82) is 0 Å². The zero-order chi connectivity index (χ0) is 13.6. The number of tetrazole rings is 1. The number of thioether (sulfide) groups is 1. The highest BCUT2D eigenvalue weighted by Crippen LogP contribution is 2.32. The third-order valence-electron chi connectivity index (χ3n) is 3.38. The lowest BCUT2D eigenvalue weighted by atomic mass is 9.94. The molecule has 0 radical (unpaired) electrons. The van der Waals surface area contributed by atoms with E-state index in [1.165, 1.54) is 11.8 Å². The first-order valence-corrected chi connectivity index (χ1v) is 6.84. The molecule has 102 valence electrons. The number of carbonyl (C=O) groups is 1. The second-order valence-corrected chi connectivity index (χ2v) is 5.44. The summed E-state index contributed by atoms with van der Waals surface area (Å²) in [6.45, 7) is 2.33. The molecule has 0 bridgehead atoms. The van der Waals surface area contributed by atoms with Gasteiger partial charge in [0.2, 0.25) is 11.1 Å². The predicted octanol–water partition coefficient (Wildman–Crippen LogP) is -0.898. The van der Waals surface area contributed by atoms with Crippen LogP contribution in [0.5, 0.6) is 0 Å². The number of nitrogens with two attached hydrogens (primary N) is 1. The van der Waals surface area contributed by atoms with Crippen LogP contribution >= 0.6 is 11.8 Å². The molecular weight excluding hydrogens is 268 g/mol. The Bertz CT molecular complexity index is 556. The Morgan fingerprint density at radius 2 is 2.37 bits per heavy atom. The van der Waals surface area contributed by atoms with E-state index in [0.717, 1.165) is 11.5 Å². The average Bonchev–Trinajstić information content (AvgIpc) is 2.81. The zero-order valence-corrected chi connectivity index (χ0v) is 11.4. The molecule has 1 aromatic rings. The van der Waals surface area contributed by atoms with Gasteiger partial charge in [0, 0.05) is 7.05 Å². The molecular formula is C10H14N6O2S. The summed E-state index contributed by atoms with van der Waals surface area (Å²) < 4.78 is 7.28. The van der Waals surface area contributed by atoms with Crippen LogP contribution in [0.3, 0.4) is 0 Å². The highest BCUT2D eigenvalue weighted by Gasteiger charge is 2.49. The van der Waals surface area contributed by atoms with Crippen molar-refractivity contribution in [3.8, 4) is 0 Å². The third-order valence-corrected chi connectivity index (χ3v) is 4.39. The third kappa shape index (κ3) is 1.89. The molecule has 2 unspecified atom stereocenters. The maximum absolute atomic E-state index is 11.7. The smallest absolute Gasteiger partial charge is 0.246 e. The van der Waals surface area contributed by atoms with Crippen molar-refractivity contribution in [2.24, 2.45) is 12.8 Å². The number of β-lactam (4-membered cyclic amide) rings is 1. The van der Waals surface area contributed by atoms with E-state index in [0.29, 0.717) is 17.5 Å². The molecule has 1 amide bonds. The van der Waals surface area contributed by atoms with Crippen molar-refractivity contribution in [1.82, 2.24) is 25.1 Å². The van der Waals surface area contributed by atoms with E-state index in [9.17, 15) is 4.79 Å². The van der Waals surface area contributed by atoms with Gasteiger partial charge in [0.25, 0.3) is 0 Å². The van der Waals surface area contributed by atoms with Crippen LogP contribution < -0.4 is 5.73 Å². The van der Waals surface area contributed by atoms with Crippen LogP contribution in [0.1, 0.15) is 6.92 Å². The Morgan fingerprint density at radius 3 is 3.05 bits per heavy atom. The quantitative estimate of drug-likeness (QED) is 0.566. The zero-order valence-electron chi connectivity index (χ0n) is 10.6. The highest BCUT2D eigenvalue weighted by molar-refractivity contribution is 7.99. The Hall–Kier alpha value is -1.61. The fourth-order valence-electron chi connectivity index (χ4n) is 2.20. The lowest BCUT2D eigenvalue weighted by Gasteiger charge is -2.48. The normalized spacial score (nSPS) is 26.1. The first-order valence-electron chi connectivity index (χ1n) is 5.86. The Kier molecular flexibility index (Phi) is 2.94. The number of hydrogen-bond acceptors (Lipinski definition) is 7. The number of allylic oxidation sites excluding steroid dienone is 1. The minimum Gasteiger partial charge on any atom is -0.493 e. The maximum Gasteiger partial charge on any atom is 0.246 e. The van der Waals surface area contributed by atoms with Gasteiger partial charge in [-0.2, -0.15) is 0 Å². The van der Waals surface area contributed by atoms with Gasteiger partial charge in [-0.3, -0.25) is 4.79 Å². The van der Waals surface area contributed by atoms with Gasteiger partial charge in [-0.25, -0.2) is 4.68 Å². The summed E-state index contributed by atoms with van der Waals surface area (Å²) >= 11 is 1.47. The topological polar surface area (TPSA) is 99.2 Å². The molecule has 3 rings (SSSR count). The van der Waals surface area contributed by atoms with E-state index < -0.39 is 6.04 Å². The van der Waals surface area contributed by atoms with Gasteiger partial charge in [0.05, 0.1) is 17.5 Å². The minimum absolute atomic E-state index is 0.0160. The van der Waals surface area contributed by atoms with Crippen molar-refractivity contribution in [3.05, 3.63) is 11.5 Å². The van der Waals surface area contributed by atoms with E-state index in [2.05, 4.69) is 15.5 Å². The standard InChI is InChI=1S/C10H14N6O2S/c1-5-7(4-19-10-12-13-14-15(10)2)18-3-6-8(11)9(17)16(5)6/h6,8H,3-4,11H2,1-2H3. The Morgan fingerprint density at radius 1 is 1.58 bits per heavy atom. The number of aryl methyl sites for hydroxylation is 1. The molecule has 1 saturated heterocycles. The number of fused-ring (bicyclic) bond motifs is 1. The number of carbonyl (C=O) groups excluding carboxylic acids is 1. The summed E-state index contributed by atoms with van der Waals surface area (Å²) in [6.07, 6.45) is 0. The van der Waals surface area contributed by atoms with Gasteiger partial charge < -0.3 is 15.4 Å². The summed E-state index contributed by atoms with van der Waals surface area (Å²) in [7, 11) is 1.78. The lowest BCUT2D eigenvalue weighted by Crippen LogP contribution is -2.70. The van der Waals surface area contributed by atoms with Crippen molar-refractivity contribution >= 4 is 17.7 Å². The first-order chi connectivity index (χ1) is 9.09. The second kappa shape index (κ2) is 4.49. The fourth-order valence-corrected chi connectivity index (χ4v) is 3.07. The van der Waals surface area contributed by atoms with Gasteiger partial charge in [-0.05, 0) is 17.4 Å². The Labute approximate surface area is 113 Å². The molecule has 19 heavy (non-hydrogen) atoms. The van der Waals surface area contributed by atoms with E-state index >= 15 is 0 Å². The molecule has 0 saturated carbocycles. The van der Waals surface area contributed by atoms with E-state index in [-0.39, 0.29) is 11.9 Å². The van der Waals surface area contributed by atoms with Gasteiger partial charge >= 0.3 is 0 Å². The summed E-state index contributed by atoms with van der Waals surface area (Å²) in [6, 6.07) is -0.440. The molecule has 2 aliphatic rings. The van der Waals surface area contributed by atoms with Crippen molar-refractivity contribution in [3.63, 3.8) is 0 Å². The number of rotatable bonds is 3. The van der Waals surface area contributed by atoms with Crippen molar-refractivity contribution < 1.29 is 9.53 Å². The summed E-state index contributed by atoms with van der Waals surface area (Å²) in [5.41, 5.74) is 6.56. The van der Waals surface area contributed by atoms with E-state index in [1.807, 2.05) is 6.92 Å². The summed E-state index contributed by atoms with van der Waals surface area (Å²) in [5.74, 6) is 1.34. The van der Waals surface area contributed by atoms with Gasteiger partial charge in [0.1, 0.15) is 18.4 Å². The molecule has 0 aliphatic carbocycles. The molecule has 2 aliphatic heterocycles. The number of nitrogens with zero attached hydrogens (tertiary/aromatic N) is 5. The van der Waals surface area contributed by atoms with Crippen LogP contribution in [-0.2, 0) is 16.6 Å². The van der Waals surface area contributed by atoms with Crippen LogP contribution in [0.15, 0.2) is 16.6 Å². The highest BCUT2D eigenvalue weighted by atomic mass is 32.2. The maximum atomic E-state index is 11.7. The molecule has 2 N–H and O–H groups in total. The van der Waals surface area contributed by atoms with E-state index in [4.69, 9.17) is 10.5 Å². The SMILES string of the molecule is CC1=C(CSc2nnnn2C)OCC2C(N)C(=O)N12. The minimum atomic E-state index is -0.424. The fraction of sp³-hybridized carbons (Fsp3) is 0.600. The molecule has 1 aromatic heterocycles. The van der Waals surface area contributed by atoms with Crippen molar-refractivity contribution in [2.45, 2.75) is 24.2 Å². The number of amides is 1. The van der Waals surface area contributed by atoms with Gasteiger partial charge in [-0.1, -0.05) is 11.8 Å². The Balaban J connectivity index is 1.71. The number of aromatic nitrogens is 4. The molecule has 8 nitrogen and oxygen atoms in total. The molecule has 3 heterocycles. The molecule has 2 atom stereocenters. The largest absolute Gasteiger partial charge is 0.493 e. The van der Waals surface area contributed by atoms with Gasteiger partial charge in [0.15, 0.2) is 0 Å². The lowest BCUT2D eigenvalue weighted by molar-refractivity contribution is -0.150. The molecule has 0 aromatic carbocycles. The summed E-state index contributed by atoms with van der Waals surface area (Å²) in [5, 5.41) is 11.9. The van der Waals surface area contributed by atoms with E-state index in [1.54, 1.807) is 16.6 Å². The number of hydrogen-bond donors (Lipinski definition) is 1. The van der Waals surface area contributed by atoms with Crippen LogP contribution in [-0.4, -0.2) is 55.5 Å². The average molecular weight is 282 g/mol. The number of ether oxygens (including phenoxy) is 1. The second-order valence-electron chi connectivity index (χ2n) is 4.49. The molecule has 0 spiro atoms.